The van der Waals surface area contributed by atoms with Gasteiger partial charge in [-0.1, -0.05) is 13.8 Å². The molecule has 4 nitrogen and oxygen atoms in total. The molecule has 0 aliphatic rings. The van der Waals surface area contributed by atoms with Crippen LogP contribution in [0.3, 0.4) is 0 Å². The normalized spacial score (nSPS) is 12.5. The van der Waals surface area contributed by atoms with Crippen LogP contribution in [0.4, 0.5) is 4.39 Å². The number of rotatable bonds is 6. The molecule has 1 heterocycles. The molecule has 0 aromatic carbocycles. The fraction of sp³-hybridized carbons (Fsp3) is 0.538. The Morgan fingerprint density at radius 1 is 1.50 bits per heavy atom. The Labute approximate surface area is 107 Å². The molecule has 1 rings (SSSR count). The van der Waals surface area contributed by atoms with Gasteiger partial charge in [0.25, 0.3) is 5.91 Å². The molecule has 0 aliphatic heterocycles. The van der Waals surface area contributed by atoms with Gasteiger partial charge in [-0.05, 0) is 26.1 Å². The number of likely N-dealkylation sites (N-methyl/N-ethyl adjacent to an activating group) is 1. The van der Waals surface area contributed by atoms with E-state index >= 15 is 0 Å². The number of carbonyl (C=O) groups is 1. The van der Waals surface area contributed by atoms with Crippen molar-refractivity contribution in [1.29, 1.82) is 0 Å². The van der Waals surface area contributed by atoms with Crippen LogP contribution in [0.5, 0.6) is 0 Å². The lowest BCUT2D eigenvalue weighted by molar-refractivity contribution is 0.0926. The number of hydrogen-bond acceptors (Lipinski definition) is 3. The first-order chi connectivity index (χ1) is 8.58. The van der Waals surface area contributed by atoms with Crippen LogP contribution in [0.1, 0.15) is 31.1 Å². The summed E-state index contributed by atoms with van der Waals surface area (Å²) < 4.78 is 13.4. The van der Waals surface area contributed by atoms with Crippen molar-refractivity contribution in [2.45, 2.75) is 26.8 Å². The van der Waals surface area contributed by atoms with Gasteiger partial charge in [0.1, 0.15) is 0 Å². The summed E-state index contributed by atoms with van der Waals surface area (Å²) in [6.07, 6.45) is 2.46. The highest BCUT2D eigenvalue weighted by Crippen LogP contribution is 2.04. The van der Waals surface area contributed by atoms with Crippen LogP contribution in [-0.2, 0) is 0 Å². The van der Waals surface area contributed by atoms with Crippen molar-refractivity contribution in [3.63, 3.8) is 0 Å². The minimum absolute atomic E-state index is 0.0232. The molecule has 0 bridgehead atoms. The maximum Gasteiger partial charge on any atom is 0.254 e. The number of halogens is 1. The van der Waals surface area contributed by atoms with Crippen molar-refractivity contribution in [3.05, 3.63) is 29.8 Å². The molecule has 0 spiro atoms. The maximum atomic E-state index is 13.4. The highest BCUT2D eigenvalue weighted by atomic mass is 19.1. The van der Waals surface area contributed by atoms with Crippen LogP contribution < -0.4 is 5.32 Å². The Kier molecular flexibility index (Phi) is 5.71. The van der Waals surface area contributed by atoms with E-state index in [1.165, 1.54) is 12.3 Å². The molecular formula is C13H20FN3O. The molecule has 0 saturated heterocycles. The number of amides is 1. The van der Waals surface area contributed by atoms with Crippen LogP contribution in [0.15, 0.2) is 18.5 Å². The molecule has 5 heteroatoms. The highest BCUT2D eigenvalue weighted by Gasteiger charge is 2.15. The van der Waals surface area contributed by atoms with Gasteiger partial charge in [0.2, 0.25) is 0 Å². The Bertz CT molecular complexity index is 394. The summed E-state index contributed by atoms with van der Waals surface area (Å²) in [6, 6.07) is 1.36. The van der Waals surface area contributed by atoms with Crippen molar-refractivity contribution in [2.24, 2.45) is 0 Å². The monoisotopic (exact) mass is 253 g/mol. The summed E-state index contributed by atoms with van der Waals surface area (Å²) in [7, 11) is 0. The molecule has 1 atom stereocenters. The second-order valence-electron chi connectivity index (χ2n) is 4.22. The molecule has 0 fully saturated rings. The van der Waals surface area contributed by atoms with Gasteiger partial charge in [-0.3, -0.25) is 9.78 Å². The van der Waals surface area contributed by atoms with Crippen LogP contribution >= 0.6 is 0 Å². The summed E-state index contributed by atoms with van der Waals surface area (Å²) in [4.78, 5) is 17.7. The first-order valence-electron chi connectivity index (χ1n) is 6.21. The van der Waals surface area contributed by atoms with Crippen LogP contribution in [-0.4, -0.2) is 41.5 Å². The lowest BCUT2D eigenvalue weighted by Gasteiger charge is -2.23. The zero-order valence-electron chi connectivity index (χ0n) is 11.1. The lowest BCUT2D eigenvalue weighted by Crippen LogP contribution is -2.42. The Balaban J connectivity index is 2.57. The van der Waals surface area contributed by atoms with Gasteiger partial charge in [0.05, 0.1) is 11.8 Å². The minimum atomic E-state index is -0.593. The van der Waals surface area contributed by atoms with E-state index in [0.29, 0.717) is 0 Å². The number of aromatic nitrogens is 1. The zero-order chi connectivity index (χ0) is 13.5. The van der Waals surface area contributed by atoms with E-state index in [2.05, 4.69) is 29.0 Å². The summed E-state index contributed by atoms with van der Waals surface area (Å²) >= 11 is 0. The Morgan fingerprint density at radius 3 is 2.72 bits per heavy atom. The molecule has 18 heavy (non-hydrogen) atoms. The van der Waals surface area contributed by atoms with Crippen molar-refractivity contribution in [1.82, 2.24) is 15.2 Å². The standard InChI is InChI=1S/C13H20FN3O/c1-4-17(5-2)9-10(3)16-13(18)11-6-7-15-8-12(11)14/h6-8,10H,4-5,9H2,1-3H3,(H,16,18). The molecule has 1 amide bonds. The quantitative estimate of drug-likeness (QED) is 0.839. The van der Waals surface area contributed by atoms with Crippen molar-refractivity contribution >= 4 is 5.91 Å². The first kappa shape index (κ1) is 14.6. The van der Waals surface area contributed by atoms with E-state index < -0.39 is 11.7 Å². The maximum absolute atomic E-state index is 13.4. The number of carbonyl (C=O) groups excluding carboxylic acids is 1. The van der Waals surface area contributed by atoms with Gasteiger partial charge in [-0.15, -0.1) is 0 Å². The van der Waals surface area contributed by atoms with Crippen LogP contribution in [0.2, 0.25) is 0 Å². The van der Waals surface area contributed by atoms with Crippen LogP contribution in [0.25, 0.3) is 0 Å². The molecule has 0 aliphatic carbocycles. The fourth-order valence-electron chi connectivity index (χ4n) is 1.78. The number of pyridine rings is 1. The Morgan fingerprint density at radius 2 is 2.17 bits per heavy atom. The largest absolute Gasteiger partial charge is 0.348 e. The average molecular weight is 253 g/mol. The lowest BCUT2D eigenvalue weighted by atomic mass is 10.2. The average Bonchev–Trinajstić information content (AvgIpc) is 2.36. The number of nitrogens with zero attached hydrogens (tertiary/aromatic N) is 2. The fourth-order valence-corrected chi connectivity index (χ4v) is 1.78. The third-order valence-corrected chi connectivity index (χ3v) is 2.82. The van der Waals surface area contributed by atoms with Gasteiger partial charge in [0, 0.05) is 18.8 Å². The second-order valence-corrected chi connectivity index (χ2v) is 4.22. The molecule has 0 radical (unpaired) electrons. The molecule has 100 valence electrons. The SMILES string of the molecule is CCN(CC)CC(C)NC(=O)c1ccncc1F. The molecule has 1 unspecified atom stereocenters. The van der Waals surface area contributed by atoms with Gasteiger partial charge in [-0.2, -0.15) is 0 Å². The number of nitrogens with one attached hydrogen (secondary N) is 1. The van der Waals surface area contributed by atoms with E-state index in [9.17, 15) is 9.18 Å². The van der Waals surface area contributed by atoms with Crippen molar-refractivity contribution < 1.29 is 9.18 Å². The van der Waals surface area contributed by atoms with E-state index in [-0.39, 0.29) is 11.6 Å². The minimum Gasteiger partial charge on any atom is -0.348 e. The smallest absolute Gasteiger partial charge is 0.254 e. The first-order valence-corrected chi connectivity index (χ1v) is 6.21. The summed E-state index contributed by atoms with van der Waals surface area (Å²) in [5.41, 5.74) is 0.0383. The van der Waals surface area contributed by atoms with Crippen molar-refractivity contribution in [2.75, 3.05) is 19.6 Å². The molecular weight excluding hydrogens is 233 g/mol. The predicted octanol–water partition coefficient (Wildman–Crippen LogP) is 1.68. The second kappa shape index (κ2) is 7.06. The topological polar surface area (TPSA) is 45.2 Å². The molecule has 1 N–H and O–H groups in total. The predicted molar refractivity (Wildman–Crippen MR) is 68.9 cm³/mol. The molecule has 1 aromatic rings. The summed E-state index contributed by atoms with van der Waals surface area (Å²) in [5.74, 6) is -0.986. The molecule has 1 aromatic heterocycles. The van der Waals surface area contributed by atoms with Crippen LogP contribution in [0, 0.1) is 5.82 Å². The summed E-state index contributed by atoms with van der Waals surface area (Å²) in [5, 5.41) is 2.79. The molecule has 0 saturated carbocycles. The van der Waals surface area contributed by atoms with Crippen molar-refractivity contribution in [3.8, 4) is 0 Å². The summed E-state index contributed by atoms with van der Waals surface area (Å²) in [6.45, 7) is 8.67. The zero-order valence-corrected chi connectivity index (χ0v) is 11.1. The third kappa shape index (κ3) is 4.07. The van der Waals surface area contributed by atoms with Gasteiger partial charge < -0.3 is 10.2 Å². The van der Waals surface area contributed by atoms with Gasteiger partial charge >= 0.3 is 0 Å². The van der Waals surface area contributed by atoms with Gasteiger partial charge in [-0.25, -0.2) is 4.39 Å². The number of hydrogen-bond donors (Lipinski definition) is 1. The Hall–Kier alpha value is -1.49. The van der Waals surface area contributed by atoms with E-state index in [0.717, 1.165) is 25.8 Å². The third-order valence-electron chi connectivity index (χ3n) is 2.82. The highest BCUT2D eigenvalue weighted by molar-refractivity contribution is 5.94. The van der Waals surface area contributed by atoms with Gasteiger partial charge in [0.15, 0.2) is 5.82 Å². The van der Waals surface area contributed by atoms with E-state index in [4.69, 9.17) is 0 Å². The van der Waals surface area contributed by atoms with E-state index in [1.54, 1.807) is 0 Å². The van der Waals surface area contributed by atoms with E-state index in [1.807, 2.05) is 6.92 Å².